The van der Waals surface area contributed by atoms with Gasteiger partial charge in [0.2, 0.25) is 0 Å². The van der Waals surface area contributed by atoms with Gasteiger partial charge in [-0.25, -0.2) is 9.78 Å². The fraction of sp³-hybridized carbons (Fsp3) is 0.667. The zero-order chi connectivity index (χ0) is 21.1. The predicted molar refractivity (Wildman–Crippen MR) is 114 cm³/mol. The molecule has 1 aliphatic heterocycles. The first kappa shape index (κ1) is 19.9. The van der Waals surface area contributed by atoms with Crippen molar-refractivity contribution >= 4 is 6.09 Å². The maximum absolute atomic E-state index is 12.1. The molecule has 0 bridgehead atoms. The first-order valence-corrected chi connectivity index (χ1v) is 11.3. The van der Waals surface area contributed by atoms with Gasteiger partial charge in [0.15, 0.2) is 0 Å². The number of aliphatic hydroxyl groups is 1. The Morgan fingerprint density at radius 3 is 2.70 bits per heavy atom. The van der Waals surface area contributed by atoms with Crippen molar-refractivity contribution < 1.29 is 14.6 Å². The number of fused-ring (bicyclic) bond motifs is 3. The lowest BCUT2D eigenvalue weighted by Gasteiger charge is -2.58. The summed E-state index contributed by atoms with van der Waals surface area (Å²) in [4.78, 5) is 16.5. The van der Waals surface area contributed by atoms with Crippen LogP contribution in [0.5, 0.6) is 0 Å². The number of allylic oxidation sites excluding steroid dienone is 4. The molecule has 1 spiro atoms. The molecule has 4 aliphatic rings. The van der Waals surface area contributed by atoms with Gasteiger partial charge in [0.25, 0.3) is 0 Å². The van der Waals surface area contributed by atoms with Crippen molar-refractivity contribution in [1.82, 2.24) is 14.9 Å². The molecule has 1 amide bonds. The highest BCUT2D eigenvalue weighted by molar-refractivity contribution is 5.68. The fourth-order valence-electron chi connectivity index (χ4n) is 6.36. The molecule has 5 rings (SSSR count). The van der Waals surface area contributed by atoms with Crippen LogP contribution in [0.4, 0.5) is 4.79 Å². The predicted octanol–water partition coefficient (Wildman–Crippen LogP) is 4.10. The molecule has 6 heteroatoms. The number of aliphatic hydroxyl groups excluding tert-OH is 1. The largest absolute Gasteiger partial charge is 0.444 e. The number of imidazole rings is 1. The number of rotatable bonds is 2. The minimum atomic E-state index is -0.481. The third kappa shape index (κ3) is 3.20. The highest BCUT2D eigenvalue weighted by Crippen LogP contribution is 2.62. The minimum absolute atomic E-state index is 0.00380. The van der Waals surface area contributed by atoms with E-state index in [4.69, 9.17) is 4.74 Å². The third-order valence-electron chi connectivity index (χ3n) is 7.75. The van der Waals surface area contributed by atoms with E-state index in [-0.39, 0.29) is 35.6 Å². The van der Waals surface area contributed by atoms with E-state index < -0.39 is 5.60 Å². The normalized spacial score (nSPS) is 39.3. The number of aromatic nitrogens is 2. The Bertz CT molecular complexity index is 873. The molecule has 1 aromatic rings. The van der Waals surface area contributed by atoms with Gasteiger partial charge in [-0.15, -0.1) is 0 Å². The van der Waals surface area contributed by atoms with Crippen LogP contribution in [0, 0.1) is 17.3 Å². The van der Waals surface area contributed by atoms with Crippen molar-refractivity contribution in [3.8, 4) is 0 Å². The summed E-state index contributed by atoms with van der Waals surface area (Å²) in [6, 6.07) is 0.422. The van der Waals surface area contributed by atoms with E-state index in [0.717, 1.165) is 32.1 Å². The maximum atomic E-state index is 12.1. The quantitative estimate of drug-likeness (QED) is 0.768. The van der Waals surface area contributed by atoms with E-state index >= 15 is 0 Å². The highest BCUT2D eigenvalue weighted by Gasteiger charge is 2.59. The Morgan fingerprint density at radius 1 is 1.27 bits per heavy atom. The topological polar surface area (TPSA) is 76.4 Å². The zero-order valence-electron chi connectivity index (χ0n) is 18.1. The summed E-state index contributed by atoms with van der Waals surface area (Å²) in [5.74, 6) is 1.05. The van der Waals surface area contributed by atoms with E-state index in [1.54, 1.807) is 0 Å². The van der Waals surface area contributed by atoms with Crippen LogP contribution >= 0.6 is 0 Å². The molecule has 2 fully saturated rings. The second-order valence-electron chi connectivity index (χ2n) is 10.7. The van der Waals surface area contributed by atoms with Crippen molar-refractivity contribution in [2.24, 2.45) is 17.3 Å². The third-order valence-corrected chi connectivity index (χ3v) is 7.75. The summed E-state index contributed by atoms with van der Waals surface area (Å²) in [5, 5.41) is 14.3. The van der Waals surface area contributed by atoms with Crippen molar-refractivity contribution in [3.63, 3.8) is 0 Å². The molecule has 6 nitrogen and oxygen atoms in total. The Morgan fingerprint density at radius 2 is 2.00 bits per heavy atom. The molecular formula is C24H33N3O3. The number of alkyl carbamates (subject to hydrolysis) is 1. The average molecular weight is 412 g/mol. The van der Waals surface area contributed by atoms with Crippen LogP contribution in [0.3, 0.4) is 0 Å². The lowest BCUT2D eigenvalue weighted by Crippen LogP contribution is -2.58. The van der Waals surface area contributed by atoms with Gasteiger partial charge in [0, 0.05) is 41.7 Å². The first-order chi connectivity index (χ1) is 14.3. The van der Waals surface area contributed by atoms with E-state index in [1.165, 1.54) is 5.69 Å². The molecule has 0 saturated heterocycles. The number of carbonyl (C=O) groups is 1. The molecule has 2 N–H and O–H groups in total. The first-order valence-electron chi connectivity index (χ1n) is 11.3. The molecule has 0 aromatic carbocycles. The molecule has 30 heavy (non-hydrogen) atoms. The lowest BCUT2D eigenvalue weighted by atomic mass is 9.50. The number of amides is 1. The minimum Gasteiger partial charge on any atom is -0.444 e. The molecule has 5 atom stereocenters. The Labute approximate surface area is 178 Å². The van der Waals surface area contributed by atoms with Gasteiger partial charge in [0.05, 0.1) is 12.4 Å². The van der Waals surface area contributed by atoms with Crippen molar-refractivity contribution in [1.29, 1.82) is 0 Å². The summed E-state index contributed by atoms with van der Waals surface area (Å²) >= 11 is 0. The van der Waals surface area contributed by atoms with Crippen LogP contribution in [0.15, 0.2) is 36.8 Å². The second-order valence-corrected chi connectivity index (χ2v) is 10.7. The zero-order valence-corrected chi connectivity index (χ0v) is 18.1. The van der Waals surface area contributed by atoms with Gasteiger partial charge in [-0.3, -0.25) is 0 Å². The smallest absolute Gasteiger partial charge is 0.407 e. The Hall–Kier alpha value is -2.08. The molecule has 2 unspecified atom stereocenters. The van der Waals surface area contributed by atoms with Gasteiger partial charge in [-0.1, -0.05) is 24.3 Å². The number of nitrogens with one attached hydrogen (secondary N) is 1. The molecule has 3 aliphatic carbocycles. The standard InChI is InChI=1S/C24H33N3O3/c1-23(2,3)30-22(29)26-15-8-10-24(11-9-15)12-18(21(24)28)20-17-7-5-4-6-16(17)19-13-25-14-27(19)20/h4-7,13-18,20-21,28H,8-12H2,1-3H3,(H,26,29)/t15?,16?,17?,18-,20+,21+,24?/m0/s1. The van der Waals surface area contributed by atoms with E-state index in [2.05, 4.69) is 39.2 Å². The van der Waals surface area contributed by atoms with Gasteiger partial charge < -0.3 is 19.7 Å². The van der Waals surface area contributed by atoms with Gasteiger partial charge in [0.1, 0.15) is 5.60 Å². The van der Waals surface area contributed by atoms with Crippen molar-refractivity contribution in [2.75, 3.05) is 0 Å². The summed E-state index contributed by atoms with van der Waals surface area (Å²) in [7, 11) is 0. The summed E-state index contributed by atoms with van der Waals surface area (Å²) in [5.41, 5.74) is 0.791. The number of nitrogens with zero attached hydrogens (tertiary/aromatic N) is 2. The van der Waals surface area contributed by atoms with E-state index in [1.807, 2.05) is 33.3 Å². The summed E-state index contributed by atoms with van der Waals surface area (Å²) < 4.78 is 7.71. The maximum Gasteiger partial charge on any atom is 0.407 e. The molecule has 162 valence electrons. The lowest BCUT2D eigenvalue weighted by molar-refractivity contribution is -0.160. The van der Waals surface area contributed by atoms with Gasteiger partial charge in [-0.2, -0.15) is 0 Å². The van der Waals surface area contributed by atoms with Gasteiger partial charge >= 0.3 is 6.09 Å². The SMILES string of the molecule is CC(C)(C)OC(=O)NC1CCC2(CC1)C[C@@H]([C@H]1C3C=CC=CC3c3cncn31)[C@H]2O. The summed E-state index contributed by atoms with van der Waals surface area (Å²) in [6.07, 6.45) is 16.9. The number of carbonyl (C=O) groups excluding carboxylic acids is 1. The fourth-order valence-corrected chi connectivity index (χ4v) is 6.36. The van der Waals surface area contributed by atoms with Crippen molar-refractivity contribution in [3.05, 3.63) is 42.5 Å². The van der Waals surface area contributed by atoms with E-state index in [0.29, 0.717) is 11.8 Å². The van der Waals surface area contributed by atoms with Gasteiger partial charge in [-0.05, 0) is 58.3 Å². The van der Waals surface area contributed by atoms with Crippen LogP contribution in [-0.2, 0) is 4.74 Å². The number of ether oxygens (including phenoxy) is 1. The van der Waals surface area contributed by atoms with Crippen LogP contribution in [0.1, 0.15) is 70.5 Å². The molecule has 2 saturated carbocycles. The Kier molecular flexibility index (Phi) is 4.62. The van der Waals surface area contributed by atoms with Crippen LogP contribution in [0.25, 0.3) is 0 Å². The average Bonchev–Trinajstić information content (AvgIpc) is 3.27. The highest BCUT2D eigenvalue weighted by atomic mass is 16.6. The molecular weight excluding hydrogens is 378 g/mol. The van der Waals surface area contributed by atoms with Crippen molar-refractivity contribution in [2.45, 2.75) is 82.6 Å². The Balaban J connectivity index is 1.22. The van der Waals surface area contributed by atoms with Crippen LogP contribution in [-0.4, -0.2) is 38.5 Å². The number of hydrogen-bond acceptors (Lipinski definition) is 4. The summed E-state index contributed by atoms with van der Waals surface area (Å²) in [6.45, 7) is 5.64. The number of hydrogen-bond donors (Lipinski definition) is 2. The van der Waals surface area contributed by atoms with Crippen LogP contribution < -0.4 is 5.32 Å². The second kappa shape index (κ2) is 6.98. The monoisotopic (exact) mass is 411 g/mol. The van der Waals surface area contributed by atoms with E-state index in [9.17, 15) is 9.90 Å². The molecule has 2 heterocycles. The van der Waals surface area contributed by atoms with Crippen LogP contribution in [0.2, 0.25) is 0 Å². The molecule has 0 radical (unpaired) electrons. The molecule has 1 aromatic heterocycles.